The van der Waals surface area contributed by atoms with Gasteiger partial charge in [-0.25, -0.2) is 4.98 Å². The first-order valence-corrected chi connectivity index (χ1v) is 10.5. The molecule has 1 aliphatic heterocycles. The largest absolute Gasteiger partial charge is 0.503 e. The van der Waals surface area contributed by atoms with E-state index in [1.165, 1.54) is 30.5 Å². The lowest BCUT2D eigenvalue weighted by molar-refractivity contribution is -0.123. The molecule has 0 spiro atoms. The highest BCUT2D eigenvalue weighted by Gasteiger charge is 2.48. The van der Waals surface area contributed by atoms with Crippen molar-refractivity contribution in [2.24, 2.45) is 5.41 Å². The number of methoxy groups -OCH3 is 2. The third-order valence-corrected chi connectivity index (χ3v) is 6.07. The topological polar surface area (TPSA) is 105 Å². The number of carbonyl (C=O) groups excluding carboxylic acids is 2. The van der Waals surface area contributed by atoms with Gasteiger partial charge in [-0.1, -0.05) is 26.8 Å². The molecule has 4 rings (SSSR count). The summed E-state index contributed by atoms with van der Waals surface area (Å²) in [4.78, 5) is 36.1. The second-order valence-corrected chi connectivity index (χ2v) is 9.20. The first-order valence-electron chi connectivity index (χ1n) is 9.64. The van der Waals surface area contributed by atoms with E-state index in [4.69, 9.17) is 9.47 Å². The van der Waals surface area contributed by atoms with E-state index in [1.807, 2.05) is 17.5 Å². The van der Waals surface area contributed by atoms with Gasteiger partial charge in [-0.3, -0.25) is 14.5 Å². The predicted octanol–water partition coefficient (Wildman–Crippen LogP) is 4.16. The van der Waals surface area contributed by atoms with Crippen LogP contribution in [-0.4, -0.2) is 41.0 Å². The van der Waals surface area contributed by atoms with Crippen molar-refractivity contribution in [2.75, 3.05) is 19.1 Å². The molecule has 1 amide bonds. The average molecular weight is 442 g/mol. The molecular weight excluding hydrogens is 418 g/mol. The minimum Gasteiger partial charge on any atom is -0.503 e. The van der Waals surface area contributed by atoms with Gasteiger partial charge in [0.1, 0.15) is 6.04 Å². The lowest BCUT2D eigenvalue weighted by atomic mass is 9.83. The van der Waals surface area contributed by atoms with Crippen LogP contribution in [0.2, 0.25) is 0 Å². The summed E-state index contributed by atoms with van der Waals surface area (Å²) in [5, 5.41) is 12.6. The number of hydrogen-bond donors (Lipinski definition) is 2. The van der Waals surface area contributed by atoms with E-state index in [1.54, 1.807) is 32.9 Å². The maximum Gasteiger partial charge on any atom is 0.296 e. The number of H-pyrrole nitrogens is 1. The number of fused-ring (bicyclic) bond motifs is 1. The Morgan fingerprint density at radius 3 is 2.48 bits per heavy atom. The van der Waals surface area contributed by atoms with Gasteiger partial charge >= 0.3 is 0 Å². The number of aliphatic hydroxyl groups is 1. The summed E-state index contributed by atoms with van der Waals surface area (Å²) in [6, 6.07) is 6.32. The van der Waals surface area contributed by atoms with E-state index in [0.29, 0.717) is 22.5 Å². The van der Waals surface area contributed by atoms with Crippen molar-refractivity contribution in [1.29, 1.82) is 0 Å². The number of nitrogens with one attached hydrogen (secondary N) is 1. The van der Waals surface area contributed by atoms with Crippen molar-refractivity contribution in [3.63, 3.8) is 0 Å². The van der Waals surface area contributed by atoms with Gasteiger partial charge in [0.05, 0.1) is 30.8 Å². The van der Waals surface area contributed by atoms with E-state index in [-0.39, 0.29) is 17.3 Å². The van der Waals surface area contributed by atoms with Gasteiger partial charge in [0.2, 0.25) is 5.95 Å². The van der Waals surface area contributed by atoms with Crippen LogP contribution >= 0.6 is 11.3 Å². The molecule has 3 aromatic rings. The van der Waals surface area contributed by atoms with Crippen LogP contribution in [0.4, 0.5) is 5.95 Å². The predicted molar refractivity (Wildman–Crippen MR) is 118 cm³/mol. The summed E-state index contributed by atoms with van der Waals surface area (Å²) in [7, 11) is 3.06. The molecule has 0 bridgehead atoms. The molecule has 3 heterocycles. The van der Waals surface area contributed by atoms with E-state index in [0.717, 1.165) is 4.88 Å². The van der Waals surface area contributed by atoms with Crippen molar-refractivity contribution in [3.05, 3.63) is 45.9 Å². The van der Waals surface area contributed by atoms with Crippen LogP contribution < -0.4 is 14.4 Å². The molecule has 1 atom stereocenters. The van der Waals surface area contributed by atoms with Crippen LogP contribution in [0, 0.1) is 5.41 Å². The van der Waals surface area contributed by atoms with E-state index in [9.17, 15) is 14.7 Å². The number of Topliss-reactive ketones (excluding diaryl/α,β-unsaturated/α-hetero) is 1. The molecule has 9 heteroatoms. The Bertz CT molecular complexity index is 1160. The minimum absolute atomic E-state index is 0.0792. The number of imidazole rings is 1. The number of hydrogen-bond acceptors (Lipinski definition) is 7. The Kier molecular flexibility index (Phi) is 5.01. The van der Waals surface area contributed by atoms with E-state index < -0.39 is 23.1 Å². The molecule has 0 saturated heterocycles. The first-order chi connectivity index (χ1) is 14.7. The number of amides is 1. The minimum atomic E-state index is -0.774. The maximum absolute atomic E-state index is 13.2. The maximum atomic E-state index is 13.2. The Balaban J connectivity index is 1.88. The third kappa shape index (κ3) is 3.34. The van der Waals surface area contributed by atoms with Gasteiger partial charge in [0.25, 0.3) is 5.91 Å². The highest BCUT2D eigenvalue weighted by Crippen LogP contribution is 2.44. The molecule has 2 aromatic heterocycles. The Labute approximate surface area is 183 Å². The number of ketones is 1. The first kappa shape index (κ1) is 20.9. The van der Waals surface area contributed by atoms with Gasteiger partial charge in [0, 0.05) is 22.4 Å². The molecule has 0 saturated carbocycles. The van der Waals surface area contributed by atoms with Gasteiger partial charge in [-0.05, 0) is 11.4 Å². The molecule has 1 aromatic carbocycles. The molecule has 0 aliphatic carbocycles. The number of aromatic amines is 1. The quantitative estimate of drug-likeness (QED) is 0.616. The van der Waals surface area contributed by atoms with Crippen molar-refractivity contribution >= 4 is 40.0 Å². The fraction of sp³-hybridized carbons (Fsp3) is 0.318. The molecule has 2 N–H and O–H groups in total. The molecule has 0 radical (unpaired) electrons. The highest BCUT2D eigenvalue weighted by molar-refractivity contribution is 7.10. The van der Waals surface area contributed by atoms with Gasteiger partial charge in [-0.2, -0.15) is 0 Å². The molecule has 1 aliphatic rings. The van der Waals surface area contributed by atoms with Gasteiger partial charge < -0.3 is 19.6 Å². The second-order valence-electron chi connectivity index (χ2n) is 8.22. The van der Waals surface area contributed by atoms with Crippen LogP contribution in [0.1, 0.15) is 31.7 Å². The number of thiophene rings is 1. The van der Waals surface area contributed by atoms with Gasteiger partial charge in [-0.15, -0.1) is 11.3 Å². The van der Waals surface area contributed by atoms with Crippen molar-refractivity contribution in [3.8, 4) is 11.5 Å². The fourth-order valence-corrected chi connectivity index (χ4v) is 4.44. The highest BCUT2D eigenvalue weighted by atomic mass is 32.1. The fourth-order valence-electron chi connectivity index (χ4n) is 3.61. The number of ether oxygens (including phenoxy) is 2. The summed E-state index contributed by atoms with van der Waals surface area (Å²) in [5.74, 6) is -0.286. The third-order valence-electron chi connectivity index (χ3n) is 5.15. The summed E-state index contributed by atoms with van der Waals surface area (Å²) in [6.45, 7) is 5.27. The number of benzene rings is 1. The zero-order valence-corrected chi connectivity index (χ0v) is 18.7. The monoisotopic (exact) mass is 441 g/mol. The summed E-state index contributed by atoms with van der Waals surface area (Å²) in [6.07, 6.45) is 0. The Morgan fingerprint density at radius 1 is 1.23 bits per heavy atom. The number of nitrogens with zero attached hydrogens (tertiary/aromatic N) is 2. The van der Waals surface area contributed by atoms with Crippen LogP contribution in [-0.2, 0) is 9.59 Å². The van der Waals surface area contributed by atoms with Gasteiger partial charge in [0.15, 0.2) is 23.0 Å². The summed E-state index contributed by atoms with van der Waals surface area (Å²) >= 11 is 1.40. The number of aliphatic hydroxyl groups excluding tert-OH is 1. The Hall–Kier alpha value is -3.33. The molecular formula is C22H23N3O5S. The zero-order valence-electron chi connectivity index (χ0n) is 17.8. The number of anilines is 1. The lowest BCUT2D eigenvalue weighted by Gasteiger charge is -2.26. The van der Waals surface area contributed by atoms with Crippen molar-refractivity contribution in [1.82, 2.24) is 9.97 Å². The zero-order chi connectivity index (χ0) is 22.5. The SMILES string of the molecule is COc1cc2nc(N3C(=O)C(O)=C(C(=O)C(C)(C)C)C3c3cccs3)[nH]c2cc1OC. The van der Waals surface area contributed by atoms with Crippen LogP contribution in [0.5, 0.6) is 11.5 Å². The molecule has 1 unspecified atom stereocenters. The summed E-state index contributed by atoms with van der Waals surface area (Å²) < 4.78 is 10.7. The van der Waals surface area contributed by atoms with E-state index in [2.05, 4.69) is 9.97 Å². The molecule has 162 valence electrons. The molecule has 31 heavy (non-hydrogen) atoms. The van der Waals surface area contributed by atoms with Crippen LogP contribution in [0.3, 0.4) is 0 Å². The standard InChI is InChI=1S/C22H23N3O5S/c1-22(2,3)19(27)16-17(15-7-6-8-31-15)25(20(28)18(16)26)21-23-11-9-13(29-4)14(30-5)10-12(11)24-21/h6-10,17,26H,1-5H3,(H,23,24). The normalized spacial score (nSPS) is 17.0. The number of rotatable bonds is 5. The van der Waals surface area contributed by atoms with Crippen molar-refractivity contribution < 1.29 is 24.2 Å². The smallest absolute Gasteiger partial charge is 0.296 e. The molecule has 0 fully saturated rings. The number of aromatic nitrogens is 2. The number of carbonyl (C=O) groups is 2. The Morgan fingerprint density at radius 2 is 1.90 bits per heavy atom. The van der Waals surface area contributed by atoms with E-state index >= 15 is 0 Å². The average Bonchev–Trinajstić information content (AvgIpc) is 3.44. The van der Waals surface area contributed by atoms with Crippen LogP contribution in [0.25, 0.3) is 11.0 Å². The lowest BCUT2D eigenvalue weighted by Crippen LogP contribution is -2.33. The summed E-state index contributed by atoms with van der Waals surface area (Å²) in [5.41, 5.74) is 0.487. The molecule has 8 nitrogen and oxygen atoms in total. The van der Waals surface area contributed by atoms with Crippen molar-refractivity contribution in [2.45, 2.75) is 26.8 Å². The van der Waals surface area contributed by atoms with Crippen LogP contribution in [0.15, 0.2) is 41.0 Å². The second kappa shape index (κ2) is 7.42.